The van der Waals surface area contributed by atoms with Crippen molar-refractivity contribution in [1.29, 1.82) is 0 Å². The van der Waals surface area contributed by atoms with Crippen molar-refractivity contribution < 1.29 is 4.74 Å². The SMILES string of the molecule is Cc1cc(C)c2cc(CN(Cc3cccs3)Cc3nnnn3C[C@H]3CCCO3)c(=O)[nH]c2c1. The number of thiophene rings is 1. The van der Waals surface area contributed by atoms with Crippen LogP contribution in [0.1, 0.15) is 40.2 Å². The van der Waals surface area contributed by atoms with Crippen LogP contribution >= 0.6 is 11.3 Å². The Balaban J connectivity index is 1.42. The molecule has 5 rings (SSSR count). The number of hydrogen-bond acceptors (Lipinski definition) is 7. The van der Waals surface area contributed by atoms with Crippen LogP contribution in [-0.4, -0.2) is 42.8 Å². The maximum Gasteiger partial charge on any atom is 0.252 e. The van der Waals surface area contributed by atoms with E-state index in [1.807, 2.05) is 29.8 Å². The largest absolute Gasteiger partial charge is 0.376 e. The Morgan fingerprint density at radius 1 is 1.24 bits per heavy atom. The summed E-state index contributed by atoms with van der Waals surface area (Å²) in [5.41, 5.74) is 3.87. The van der Waals surface area contributed by atoms with Crippen LogP contribution in [0.15, 0.2) is 40.5 Å². The Morgan fingerprint density at radius 3 is 2.94 bits per heavy atom. The van der Waals surface area contributed by atoms with Gasteiger partial charge >= 0.3 is 0 Å². The zero-order valence-corrected chi connectivity index (χ0v) is 19.8. The monoisotopic (exact) mass is 464 g/mol. The molecule has 1 N–H and O–H groups in total. The number of nitrogens with zero attached hydrogens (tertiary/aromatic N) is 5. The van der Waals surface area contributed by atoms with Crippen molar-refractivity contribution in [1.82, 2.24) is 30.1 Å². The first-order valence-electron chi connectivity index (χ1n) is 11.3. The van der Waals surface area contributed by atoms with Crippen molar-refractivity contribution in [2.24, 2.45) is 0 Å². The zero-order chi connectivity index (χ0) is 22.8. The number of rotatable bonds is 8. The smallest absolute Gasteiger partial charge is 0.252 e. The van der Waals surface area contributed by atoms with E-state index in [0.29, 0.717) is 19.6 Å². The maximum absolute atomic E-state index is 13.0. The summed E-state index contributed by atoms with van der Waals surface area (Å²) in [4.78, 5) is 19.5. The van der Waals surface area contributed by atoms with Gasteiger partial charge in [0.05, 0.1) is 19.2 Å². The van der Waals surface area contributed by atoms with Gasteiger partial charge in [-0.1, -0.05) is 12.1 Å². The van der Waals surface area contributed by atoms with Gasteiger partial charge in [-0.3, -0.25) is 9.69 Å². The van der Waals surface area contributed by atoms with Crippen molar-refractivity contribution in [3.8, 4) is 0 Å². The highest BCUT2D eigenvalue weighted by atomic mass is 32.1. The van der Waals surface area contributed by atoms with Gasteiger partial charge in [-0.25, -0.2) is 4.68 Å². The first-order chi connectivity index (χ1) is 16.0. The first-order valence-corrected chi connectivity index (χ1v) is 12.2. The van der Waals surface area contributed by atoms with Gasteiger partial charge in [0.25, 0.3) is 5.56 Å². The summed E-state index contributed by atoms with van der Waals surface area (Å²) in [7, 11) is 0. The highest BCUT2D eigenvalue weighted by molar-refractivity contribution is 7.09. The van der Waals surface area contributed by atoms with Crippen LogP contribution < -0.4 is 5.56 Å². The Hall–Kier alpha value is -2.88. The third-order valence-corrected chi connectivity index (χ3v) is 6.98. The van der Waals surface area contributed by atoms with Crippen molar-refractivity contribution >= 4 is 22.2 Å². The normalized spacial score (nSPS) is 16.3. The predicted molar refractivity (Wildman–Crippen MR) is 128 cm³/mol. The van der Waals surface area contributed by atoms with Crippen LogP contribution in [0.5, 0.6) is 0 Å². The van der Waals surface area contributed by atoms with Crippen LogP contribution in [0, 0.1) is 13.8 Å². The molecule has 1 aliphatic heterocycles. The van der Waals surface area contributed by atoms with E-state index in [0.717, 1.165) is 59.4 Å². The standard InChI is InChI=1S/C24H28N6O2S/c1-16-9-17(2)21-11-18(24(31)25-22(21)10-16)12-29(14-20-6-4-8-33-20)15-23-26-27-28-30(23)13-19-5-3-7-32-19/h4,6,8-11,19H,3,5,7,12-15H2,1-2H3,(H,25,31)/t19-/m1/s1. The van der Waals surface area contributed by atoms with Crippen LogP contribution in [0.2, 0.25) is 0 Å². The number of tetrazole rings is 1. The molecule has 1 aliphatic rings. The van der Waals surface area contributed by atoms with Gasteiger partial charge in [0.1, 0.15) is 0 Å². The number of aryl methyl sites for hydroxylation is 2. The highest BCUT2D eigenvalue weighted by Gasteiger charge is 2.21. The molecule has 1 fully saturated rings. The molecule has 172 valence electrons. The fraction of sp³-hybridized carbons (Fsp3) is 0.417. The van der Waals surface area contributed by atoms with E-state index < -0.39 is 0 Å². The summed E-state index contributed by atoms with van der Waals surface area (Å²) in [6, 6.07) is 10.4. The number of fused-ring (bicyclic) bond motifs is 1. The second kappa shape index (κ2) is 9.54. The highest BCUT2D eigenvalue weighted by Crippen LogP contribution is 2.21. The number of ether oxygens (including phenoxy) is 1. The fourth-order valence-corrected chi connectivity index (χ4v) is 5.27. The van der Waals surface area contributed by atoms with E-state index >= 15 is 0 Å². The molecule has 0 saturated carbocycles. The summed E-state index contributed by atoms with van der Waals surface area (Å²) in [6.45, 7) is 7.35. The van der Waals surface area contributed by atoms with Gasteiger partial charge in [-0.15, -0.1) is 16.4 Å². The Labute approximate surface area is 196 Å². The van der Waals surface area contributed by atoms with Gasteiger partial charge in [0, 0.05) is 41.0 Å². The van der Waals surface area contributed by atoms with Gasteiger partial charge in [0.2, 0.25) is 0 Å². The Morgan fingerprint density at radius 2 is 2.15 bits per heavy atom. The zero-order valence-electron chi connectivity index (χ0n) is 19.0. The quantitative estimate of drug-likeness (QED) is 0.429. The second-order valence-electron chi connectivity index (χ2n) is 8.80. The molecule has 4 heterocycles. The second-order valence-corrected chi connectivity index (χ2v) is 9.84. The fourth-order valence-electron chi connectivity index (χ4n) is 4.52. The first kappa shape index (κ1) is 21.9. The summed E-state index contributed by atoms with van der Waals surface area (Å²) in [6.07, 6.45) is 2.27. The van der Waals surface area contributed by atoms with Crippen molar-refractivity contribution in [3.63, 3.8) is 0 Å². The molecular weight excluding hydrogens is 436 g/mol. The molecule has 0 aliphatic carbocycles. The minimum absolute atomic E-state index is 0.0531. The summed E-state index contributed by atoms with van der Waals surface area (Å²) in [5, 5.41) is 15.6. The third-order valence-electron chi connectivity index (χ3n) is 6.11. The van der Waals surface area contributed by atoms with Crippen LogP contribution in [0.25, 0.3) is 10.9 Å². The number of pyridine rings is 1. The minimum atomic E-state index is -0.0531. The molecular formula is C24H28N6O2S. The number of H-pyrrole nitrogens is 1. The summed E-state index contributed by atoms with van der Waals surface area (Å²) >= 11 is 1.71. The van der Waals surface area contributed by atoms with E-state index in [-0.39, 0.29) is 11.7 Å². The average Bonchev–Trinajstić information content (AvgIpc) is 3.54. The molecule has 3 aromatic heterocycles. The lowest BCUT2D eigenvalue weighted by molar-refractivity contribution is 0.0915. The number of hydrogen-bond donors (Lipinski definition) is 1. The topological polar surface area (TPSA) is 88.9 Å². The van der Waals surface area contributed by atoms with E-state index in [9.17, 15) is 4.79 Å². The van der Waals surface area contributed by atoms with Gasteiger partial charge in [-0.05, 0) is 71.8 Å². The van der Waals surface area contributed by atoms with Crippen LogP contribution in [0.4, 0.5) is 0 Å². The van der Waals surface area contributed by atoms with Gasteiger partial charge < -0.3 is 9.72 Å². The van der Waals surface area contributed by atoms with Gasteiger partial charge in [0.15, 0.2) is 5.82 Å². The van der Waals surface area contributed by atoms with Gasteiger partial charge in [-0.2, -0.15) is 0 Å². The van der Waals surface area contributed by atoms with Crippen molar-refractivity contribution in [2.75, 3.05) is 6.61 Å². The molecule has 1 atom stereocenters. The summed E-state index contributed by atoms with van der Waals surface area (Å²) in [5.74, 6) is 0.783. The maximum atomic E-state index is 13.0. The molecule has 0 spiro atoms. The molecule has 8 nitrogen and oxygen atoms in total. The molecule has 0 radical (unpaired) electrons. The minimum Gasteiger partial charge on any atom is -0.376 e. The van der Waals surface area contributed by atoms with Crippen LogP contribution in [-0.2, 0) is 30.9 Å². The lowest BCUT2D eigenvalue weighted by Crippen LogP contribution is -2.28. The Bertz CT molecular complexity index is 1290. The number of aromatic nitrogens is 5. The molecule has 33 heavy (non-hydrogen) atoms. The predicted octanol–water partition coefficient (Wildman–Crippen LogP) is 3.57. The lowest BCUT2D eigenvalue weighted by Gasteiger charge is -2.21. The summed E-state index contributed by atoms with van der Waals surface area (Å²) < 4.78 is 7.61. The molecule has 1 aromatic carbocycles. The van der Waals surface area contributed by atoms with E-state index in [1.165, 1.54) is 4.88 Å². The molecule has 4 aromatic rings. The van der Waals surface area contributed by atoms with Crippen LogP contribution in [0.3, 0.4) is 0 Å². The van der Waals surface area contributed by atoms with Crippen molar-refractivity contribution in [2.45, 2.75) is 59.0 Å². The molecule has 1 saturated heterocycles. The number of benzene rings is 1. The van der Waals surface area contributed by atoms with E-state index in [4.69, 9.17) is 4.74 Å². The molecule has 9 heteroatoms. The number of nitrogens with one attached hydrogen (secondary N) is 1. The van der Waals surface area contributed by atoms with E-state index in [1.54, 1.807) is 11.3 Å². The number of aromatic amines is 1. The third kappa shape index (κ3) is 5.05. The molecule has 0 unspecified atom stereocenters. The average molecular weight is 465 g/mol. The Kier molecular flexibility index (Phi) is 6.34. The lowest BCUT2D eigenvalue weighted by atomic mass is 10.0. The van der Waals surface area contributed by atoms with Crippen molar-refractivity contribution in [3.05, 3.63) is 73.5 Å². The van der Waals surface area contributed by atoms with E-state index in [2.05, 4.69) is 49.8 Å². The molecule has 0 bridgehead atoms. The molecule has 0 amide bonds.